The summed E-state index contributed by atoms with van der Waals surface area (Å²) >= 11 is 1.42. The summed E-state index contributed by atoms with van der Waals surface area (Å²) in [6, 6.07) is 11.4. The Morgan fingerprint density at radius 1 is 1.18 bits per heavy atom. The molecule has 1 aromatic carbocycles. The summed E-state index contributed by atoms with van der Waals surface area (Å²) in [6.07, 6.45) is 4.52. The average molecular weight is 402 g/mol. The molecular formula is C22H27NO4S. The standard InChI is InChI=1S/C22H27NO4S/c1-4-17(14-23-22(25)27-15-18-9-7-6-8-10-18)11-12-19-16(3)13-20(28-19)21(24)26-5-2/h6-13,17H,4-5,14-15H2,1-3H3,(H,23,25)/b12-11+. The van der Waals surface area contributed by atoms with Gasteiger partial charge >= 0.3 is 12.1 Å². The Balaban J connectivity index is 1.84. The lowest BCUT2D eigenvalue weighted by atomic mass is 10.1. The molecular weight excluding hydrogens is 374 g/mol. The molecule has 150 valence electrons. The fourth-order valence-corrected chi connectivity index (χ4v) is 3.51. The highest BCUT2D eigenvalue weighted by Gasteiger charge is 2.12. The van der Waals surface area contributed by atoms with Crippen molar-refractivity contribution in [3.05, 3.63) is 63.4 Å². The van der Waals surface area contributed by atoms with Crippen molar-refractivity contribution in [2.75, 3.05) is 13.2 Å². The summed E-state index contributed by atoms with van der Waals surface area (Å²) in [6.45, 7) is 6.95. The van der Waals surface area contributed by atoms with Crippen molar-refractivity contribution in [1.29, 1.82) is 0 Å². The Morgan fingerprint density at radius 2 is 1.93 bits per heavy atom. The maximum Gasteiger partial charge on any atom is 0.407 e. The van der Waals surface area contributed by atoms with Gasteiger partial charge in [0.05, 0.1) is 6.61 Å². The summed E-state index contributed by atoms with van der Waals surface area (Å²) in [5.74, 6) is -0.109. The second kappa shape index (κ2) is 11.3. The van der Waals surface area contributed by atoms with E-state index in [1.807, 2.05) is 49.4 Å². The van der Waals surface area contributed by atoms with Crippen molar-refractivity contribution in [1.82, 2.24) is 5.32 Å². The fourth-order valence-electron chi connectivity index (χ4n) is 2.52. The number of thiophene rings is 1. The molecule has 0 radical (unpaired) electrons. The fraction of sp³-hybridized carbons (Fsp3) is 0.364. The number of benzene rings is 1. The summed E-state index contributed by atoms with van der Waals surface area (Å²) in [4.78, 5) is 25.4. The van der Waals surface area contributed by atoms with Crippen LogP contribution in [-0.4, -0.2) is 25.2 Å². The molecule has 0 aliphatic heterocycles. The van der Waals surface area contributed by atoms with Gasteiger partial charge in [0.25, 0.3) is 0 Å². The molecule has 6 heteroatoms. The molecule has 0 saturated heterocycles. The van der Waals surface area contributed by atoms with Crippen molar-refractivity contribution in [2.24, 2.45) is 5.92 Å². The second-order valence-corrected chi connectivity index (χ2v) is 7.43. The minimum atomic E-state index is -0.424. The third-order valence-corrected chi connectivity index (χ3v) is 5.38. The zero-order valence-corrected chi connectivity index (χ0v) is 17.4. The van der Waals surface area contributed by atoms with Gasteiger partial charge in [0.2, 0.25) is 0 Å². The number of hydrogen-bond donors (Lipinski definition) is 1. The van der Waals surface area contributed by atoms with Gasteiger partial charge in [-0.2, -0.15) is 0 Å². The number of alkyl carbamates (subject to hydrolysis) is 1. The largest absolute Gasteiger partial charge is 0.462 e. The van der Waals surface area contributed by atoms with Gasteiger partial charge in [-0.05, 0) is 49.5 Å². The number of esters is 1. The van der Waals surface area contributed by atoms with Crippen LogP contribution in [0.15, 0.2) is 42.5 Å². The van der Waals surface area contributed by atoms with Crippen LogP contribution in [0.5, 0.6) is 0 Å². The third kappa shape index (κ3) is 6.85. The van der Waals surface area contributed by atoms with Crippen molar-refractivity contribution in [2.45, 2.75) is 33.8 Å². The SMILES string of the molecule is CCOC(=O)c1cc(C)c(/C=C/C(CC)CNC(=O)OCc2ccccc2)s1. The van der Waals surface area contributed by atoms with Crippen LogP contribution in [0.3, 0.4) is 0 Å². The van der Waals surface area contributed by atoms with E-state index in [1.165, 1.54) is 11.3 Å². The molecule has 5 nitrogen and oxygen atoms in total. The van der Waals surface area contributed by atoms with Crippen LogP contribution < -0.4 is 5.32 Å². The highest BCUT2D eigenvalue weighted by molar-refractivity contribution is 7.15. The second-order valence-electron chi connectivity index (χ2n) is 6.35. The van der Waals surface area contributed by atoms with Gasteiger partial charge in [-0.15, -0.1) is 11.3 Å². The Kier molecular flexibility index (Phi) is 8.75. The molecule has 0 bridgehead atoms. The molecule has 1 unspecified atom stereocenters. The molecule has 1 atom stereocenters. The Morgan fingerprint density at radius 3 is 2.61 bits per heavy atom. The number of nitrogens with one attached hydrogen (secondary N) is 1. The van der Waals surface area contributed by atoms with Crippen LogP contribution >= 0.6 is 11.3 Å². The van der Waals surface area contributed by atoms with Crippen molar-refractivity contribution in [3.63, 3.8) is 0 Å². The smallest absolute Gasteiger partial charge is 0.407 e. The van der Waals surface area contributed by atoms with Gasteiger partial charge in [-0.3, -0.25) is 0 Å². The maximum atomic E-state index is 11.9. The predicted octanol–water partition coefficient (Wildman–Crippen LogP) is 5.20. The molecule has 0 aliphatic rings. The highest BCUT2D eigenvalue weighted by Crippen LogP contribution is 2.25. The van der Waals surface area contributed by atoms with E-state index in [0.717, 1.165) is 22.4 Å². The molecule has 0 spiro atoms. The quantitative estimate of drug-likeness (QED) is 0.587. The molecule has 0 fully saturated rings. The molecule has 0 aliphatic carbocycles. The summed E-state index contributed by atoms with van der Waals surface area (Å²) in [5.41, 5.74) is 1.99. The van der Waals surface area contributed by atoms with Crippen molar-refractivity contribution in [3.8, 4) is 0 Å². The highest BCUT2D eigenvalue weighted by atomic mass is 32.1. The first kappa shape index (κ1) is 21.7. The Labute approximate surface area is 170 Å². The van der Waals surface area contributed by atoms with Crippen molar-refractivity contribution < 1.29 is 19.1 Å². The van der Waals surface area contributed by atoms with Gasteiger partial charge < -0.3 is 14.8 Å². The van der Waals surface area contributed by atoms with E-state index >= 15 is 0 Å². The van der Waals surface area contributed by atoms with E-state index in [2.05, 4.69) is 18.3 Å². The van der Waals surface area contributed by atoms with Gasteiger partial charge in [0.15, 0.2) is 0 Å². The van der Waals surface area contributed by atoms with E-state index in [0.29, 0.717) is 18.0 Å². The van der Waals surface area contributed by atoms with Gasteiger partial charge in [0.1, 0.15) is 11.5 Å². The number of carbonyl (C=O) groups is 2. The molecule has 1 heterocycles. The van der Waals surface area contributed by atoms with E-state index < -0.39 is 6.09 Å². The number of hydrogen-bond acceptors (Lipinski definition) is 5. The van der Waals surface area contributed by atoms with Crippen molar-refractivity contribution >= 4 is 29.5 Å². The summed E-state index contributed by atoms with van der Waals surface area (Å²) < 4.78 is 10.3. The van der Waals surface area contributed by atoms with Crippen LogP contribution in [-0.2, 0) is 16.1 Å². The van der Waals surface area contributed by atoms with Crippen LogP contribution in [0, 0.1) is 12.8 Å². The lowest BCUT2D eigenvalue weighted by molar-refractivity contribution is 0.0532. The third-order valence-electron chi connectivity index (χ3n) is 4.20. The molecule has 2 aromatic rings. The predicted molar refractivity (Wildman–Crippen MR) is 112 cm³/mol. The summed E-state index contributed by atoms with van der Waals surface area (Å²) in [7, 11) is 0. The van der Waals surface area contributed by atoms with Crippen LogP contribution in [0.25, 0.3) is 6.08 Å². The lowest BCUT2D eigenvalue weighted by Gasteiger charge is -2.12. The maximum absolute atomic E-state index is 11.9. The molecule has 28 heavy (non-hydrogen) atoms. The zero-order chi connectivity index (χ0) is 20.4. The van der Waals surface area contributed by atoms with Crippen LogP contribution in [0.2, 0.25) is 0 Å². The van der Waals surface area contributed by atoms with Gasteiger partial charge in [-0.25, -0.2) is 9.59 Å². The number of carbonyl (C=O) groups excluding carboxylic acids is 2. The molecule has 1 N–H and O–H groups in total. The molecule has 0 saturated carbocycles. The van der Waals surface area contributed by atoms with Crippen LogP contribution in [0.1, 0.15) is 45.9 Å². The van der Waals surface area contributed by atoms with Crippen LogP contribution in [0.4, 0.5) is 4.79 Å². The van der Waals surface area contributed by atoms with Gasteiger partial charge in [-0.1, -0.05) is 43.3 Å². The minimum absolute atomic E-state index is 0.178. The Hall–Kier alpha value is -2.60. The van der Waals surface area contributed by atoms with E-state index in [9.17, 15) is 9.59 Å². The van der Waals surface area contributed by atoms with E-state index in [-0.39, 0.29) is 18.5 Å². The Bertz CT molecular complexity index is 798. The number of ether oxygens (including phenoxy) is 2. The number of aryl methyl sites for hydroxylation is 1. The van der Waals surface area contributed by atoms with E-state index in [4.69, 9.17) is 9.47 Å². The average Bonchev–Trinajstić information content (AvgIpc) is 3.08. The molecule has 1 amide bonds. The first-order valence-electron chi connectivity index (χ1n) is 9.43. The monoisotopic (exact) mass is 401 g/mol. The zero-order valence-electron chi connectivity index (χ0n) is 16.6. The summed E-state index contributed by atoms with van der Waals surface area (Å²) in [5, 5.41) is 2.81. The topological polar surface area (TPSA) is 64.6 Å². The molecule has 1 aromatic heterocycles. The first-order valence-corrected chi connectivity index (χ1v) is 10.2. The number of amides is 1. The van der Waals surface area contributed by atoms with E-state index in [1.54, 1.807) is 6.92 Å². The normalized spacial score (nSPS) is 12.0. The lowest BCUT2D eigenvalue weighted by Crippen LogP contribution is -2.29. The number of rotatable bonds is 9. The van der Waals surface area contributed by atoms with Gasteiger partial charge in [0, 0.05) is 11.4 Å². The molecule has 2 rings (SSSR count). The minimum Gasteiger partial charge on any atom is -0.462 e. The first-order chi connectivity index (χ1) is 13.5.